The van der Waals surface area contributed by atoms with Crippen molar-refractivity contribution in [1.82, 2.24) is 0 Å². The van der Waals surface area contributed by atoms with Crippen molar-refractivity contribution < 1.29 is 14.3 Å². The van der Waals surface area contributed by atoms with Crippen LogP contribution in [0.15, 0.2) is 24.3 Å². The average Bonchev–Trinajstić information content (AvgIpc) is 2.27. The molecule has 0 radical (unpaired) electrons. The van der Waals surface area contributed by atoms with Crippen LogP contribution < -0.4 is 9.64 Å². The van der Waals surface area contributed by atoms with Crippen molar-refractivity contribution in [3.05, 3.63) is 24.3 Å². The molecule has 0 aliphatic heterocycles. The molecule has 0 saturated heterocycles. The minimum absolute atomic E-state index is 0.0687. The number of anilines is 1. The summed E-state index contributed by atoms with van der Waals surface area (Å²) in [4.78, 5) is 24.1. The maximum Gasteiger partial charge on any atom is 0.234 e. The molecule has 18 heavy (non-hydrogen) atoms. The van der Waals surface area contributed by atoms with Crippen LogP contribution in [-0.4, -0.2) is 24.8 Å². The minimum atomic E-state index is -0.208. The van der Waals surface area contributed by atoms with Gasteiger partial charge in [0, 0.05) is 12.7 Å². The van der Waals surface area contributed by atoms with Crippen LogP contribution in [0.5, 0.6) is 5.75 Å². The smallest absolute Gasteiger partial charge is 0.234 e. The van der Waals surface area contributed by atoms with Crippen LogP contribution in [0.3, 0.4) is 0 Å². The standard InChI is InChI=1S/C14H19NO3/c1-10(2)18-13-7-5-12(6-8-13)15(4)14(17)9-11(3)16/h5-8,10H,9H2,1-4H3. The van der Waals surface area contributed by atoms with Gasteiger partial charge in [0.15, 0.2) is 0 Å². The fourth-order valence-electron chi connectivity index (χ4n) is 1.50. The molecule has 1 aromatic carbocycles. The lowest BCUT2D eigenvalue weighted by Gasteiger charge is -2.17. The van der Waals surface area contributed by atoms with E-state index in [1.54, 1.807) is 19.2 Å². The minimum Gasteiger partial charge on any atom is -0.491 e. The number of ketones is 1. The lowest BCUT2D eigenvalue weighted by Crippen LogP contribution is -2.27. The first kappa shape index (κ1) is 14.2. The van der Waals surface area contributed by atoms with Gasteiger partial charge in [-0.25, -0.2) is 0 Å². The Balaban J connectivity index is 2.72. The Kier molecular flexibility index (Phi) is 4.89. The maximum atomic E-state index is 11.7. The second-order valence-electron chi connectivity index (χ2n) is 4.49. The SMILES string of the molecule is CC(=O)CC(=O)N(C)c1ccc(OC(C)C)cc1. The highest BCUT2D eigenvalue weighted by Gasteiger charge is 2.12. The predicted molar refractivity (Wildman–Crippen MR) is 70.9 cm³/mol. The number of hydrogen-bond donors (Lipinski definition) is 0. The quantitative estimate of drug-likeness (QED) is 0.753. The molecule has 0 fully saturated rings. The third-order valence-corrected chi connectivity index (χ3v) is 2.37. The van der Waals surface area contributed by atoms with Gasteiger partial charge in [-0.05, 0) is 45.0 Å². The molecule has 0 aliphatic rings. The Morgan fingerprint density at radius 2 is 1.78 bits per heavy atom. The highest BCUT2D eigenvalue weighted by Crippen LogP contribution is 2.19. The van der Waals surface area contributed by atoms with Crippen LogP contribution in [0.1, 0.15) is 27.2 Å². The molecule has 1 aromatic rings. The van der Waals surface area contributed by atoms with Gasteiger partial charge in [0.1, 0.15) is 11.5 Å². The summed E-state index contributed by atoms with van der Waals surface area (Å²) in [7, 11) is 1.66. The highest BCUT2D eigenvalue weighted by molar-refractivity contribution is 6.04. The van der Waals surface area contributed by atoms with Crippen molar-refractivity contribution >= 4 is 17.4 Å². The number of Topliss-reactive ketones (excluding diaryl/α,β-unsaturated/α-hetero) is 1. The molecular formula is C14H19NO3. The summed E-state index contributed by atoms with van der Waals surface area (Å²) in [5.74, 6) is 0.424. The van der Waals surface area contributed by atoms with Crippen LogP contribution in [0.2, 0.25) is 0 Å². The lowest BCUT2D eigenvalue weighted by molar-refractivity contribution is -0.125. The molecule has 0 bridgehead atoms. The lowest BCUT2D eigenvalue weighted by atomic mass is 10.2. The summed E-state index contributed by atoms with van der Waals surface area (Å²) in [5.41, 5.74) is 0.748. The molecular weight excluding hydrogens is 230 g/mol. The molecule has 4 heteroatoms. The molecule has 1 rings (SSSR count). The number of ether oxygens (including phenoxy) is 1. The van der Waals surface area contributed by atoms with Crippen molar-refractivity contribution in [2.75, 3.05) is 11.9 Å². The average molecular weight is 249 g/mol. The topological polar surface area (TPSA) is 46.6 Å². The molecule has 0 heterocycles. The first-order chi connectivity index (χ1) is 8.40. The largest absolute Gasteiger partial charge is 0.491 e. The second kappa shape index (κ2) is 6.19. The van der Waals surface area contributed by atoms with Gasteiger partial charge in [-0.2, -0.15) is 0 Å². The predicted octanol–water partition coefficient (Wildman–Crippen LogP) is 2.42. The van der Waals surface area contributed by atoms with Gasteiger partial charge in [-0.1, -0.05) is 0 Å². The molecule has 98 valence electrons. The van der Waals surface area contributed by atoms with Crippen molar-refractivity contribution in [2.45, 2.75) is 33.3 Å². The molecule has 0 atom stereocenters. The van der Waals surface area contributed by atoms with E-state index < -0.39 is 0 Å². The summed E-state index contributed by atoms with van der Waals surface area (Å²) in [6, 6.07) is 7.23. The summed E-state index contributed by atoms with van der Waals surface area (Å²) in [6.45, 7) is 5.32. The van der Waals surface area contributed by atoms with Crippen LogP contribution in [0, 0.1) is 0 Å². The molecule has 0 aliphatic carbocycles. The normalized spacial score (nSPS) is 10.3. The first-order valence-electron chi connectivity index (χ1n) is 5.93. The number of amides is 1. The van der Waals surface area contributed by atoms with Crippen molar-refractivity contribution in [2.24, 2.45) is 0 Å². The van der Waals surface area contributed by atoms with E-state index in [0.29, 0.717) is 0 Å². The second-order valence-corrected chi connectivity index (χ2v) is 4.49. The first-order valence-corrected chi connectivity index (χ1v) is 5.93. The van der Waals surface area contributed by atoms with Crippen molar-refractivity contribution in [3.63, 3.8) is 0 Å². The molecule has 1 amide bonds. The number of carbonyl (C=O) groups is 2. The van der Waals surface area contributed by atoms with Gasteiger partial charge in [0.25, 0.3) is 0 Å². The molecule has 0 spiro atoms. The van der Waals surface area contributed by atoms with Crippen LogP contribution >= 0.6 is 0 Å². The van der Waals surface area contributed by atoms with E-state index in [2.05, 4.69) is 0 Å². The number of carbonyl (C=O) groups excluding carboxylic acids is 2. The molecule has 0 aromatic heterocycles. The fraction of sp³-hybridized carbons (Fsp3) is 0.429. The Hall–Kier alpha value is -1.84. The van der Waals surface area contributed by atoms with E-state index in [9.17, 15) is 9.59 Å². The van der Waals surface area contributed by atoms with Gasteiger partial charge < -0.3 is 9.64 Å². The zero-order valence-electron chi connectivity index (χ0n) is 11.3. The molecule has 0 unspecified atom stereocenters. The monoisotopic (exact) mass is 249 g/mol. The summed E-state index contributed by atoms with van der Waals surface area (Å²) in [5, 5.41) is 0. The highest BCUT2D eigenvalue weighted by atomic mass is 16.5. The van der Waals surface area contributed by atoms with E-state index in [0.717, 1.165) is 11.4 Å². The van der Waals surface area contributed by atoms with E-state index in [4.69, 9.17) is 4.74 Å². The Labute approximate surface area is 108 Å². The molecule has 0 saturated carbocycles. The van der Waals surface area contributed by atoms with Crippen molar-refractivity contribution in [1.29, 1.82) is 0 Å². The number of nitrogens with zero attached hydrogens (tertiary/aromatic N) is 1. The zero-order chi connectivity index (χ0) is 13.7. The Morgan fingerprint density at radius 3 is 2.22 bits per heavy atom. The van der Waals surface area contributed by atoms with Gasteiger partial charge in [-0.15, -0.1) is 0 Å². The number of hydrogen-bond acceptors (Lipinski definition) is 3. The summed E-state index contributed by atoms with van der Waals surface area (Å²) >= 11 is 0. The Bertz CT molecular complexity index is 423. The third-order valence-electron chi connectivity index (χ3n) is 2.37. The Morgan fingerprint density at radius 1 is 1.22 bits per heavy atom. The fourth-order valence-corrected chi connectivity index (χ4v) is 1.50. The molecule has 4 nitrogen and oxygen atoms in total. The van der Waals surface area contributed by atoms with Crippen LogP contribution in [0.4, 0.5) is 5.69 Å². The van der Waals surface area contributed by atoms with E-state index in [1.807, 2.05) is 26.0 Å². The van der Waals surface area contributed by atoms with Crippen LogP contribution in [0.25, 0.3) is 0 Å². The van der Waals surface area contributed by atoms with E-state index >= 15 is 0 Å². The van der Waals surface area contributed by atoms with Crippen molar-refractivity contribution in [3.8, 4) is 5.75 Å². The maximum absolute atomic E-state index is 11.7. The third kappa shape index (κ3) is 4.20. The van der Waals surface area contributed by atoms with Gasteiger partial charge in [0.2, 0.25) is 5.91 Å². The summed E-state index contributed by atoms with van der Waals surface area (Å²) < 4.78 is 5.52. The molecule has 0 N–H and O–H groups in total. The van der Waals surface area contributed by atoms with Gasteiger partial charge in [0.05, 0.1) is 12.5 Å². The number of benzene rings is 1. The van der Waals surface area contributed by atoms with Crippen LogP contribution in [-0.2, 0) is 9.59 Å². The van der Waals surface area contributed by atoms with Gasteiger partial charge >= 0.3 is 0 Å². The zero-order valence-corrected chi connectivity index (χ0v) is 11.3. The number of rotatable bonds is 5. The van der Waals surface area contributed by atoms with Gasteiger partial charge in [-0.3, -0.25) is 9.59 Å². The summed E-state index contributed by atoms with van der Waals surface area (Å²) in [6.07, 6.45) is 0.0497. The van der Waals surface area contributed by atoms with E-state index in [-0.39, 0.29) is 24.2 Å². The van der Waals surface area contributed by atoms with E-state index in [1.165, 1.54) is 11.8 Å².